The Morgan fingerprint density at radius 1 is 1.08 bits per heavy atom. The molecule has 130 valence electrons. The second-order valence-corrected chi connectivity index (χ2v) is 8.59. The molecule has 0 saturated carbocycles. The predicted octanol–water partition coefficient (Wildman–Crippen LogP) is 3.22. The van der Waals surface area contributed by atoms with Crippen molar-refractivity contribution in [3.05, 3.63) is 76.9 Å². The Bertz CT molecular complexity index is 901. The molecule has 0 spiro atoms. The summed E-state index contributed by atoms with van der Waals surface area (Å²) in [5, 5.41) is 3.64. The van der Waals surface area contributed by atoms with Crippen LogP contribution in [0.4, 0.5) is 0 Å². The fourth-order valence-corrected chi connectivity index (χ4v) is 4.76. The molecule has 25 heavy (non-hydrogen) atoms. The highest BCUT2D eigenvalue weighted by molar-refractivity contribution is 7.91. The summed E-state index contributed by atoms with van der Waals surface area (Å²) < 4.78 is 31.2. The third-order valence-corrected chi connectivity index (χ3v) is 6.66. The maximum Gasteiger partial charge on any atom is 0.225 e. The van der Waals surface area contributed by atoms with Crippen LogP contribution in [0.25, 0.3) is 0 Å². The lowest BCUT2D eigenvalue weighted by Gasteiger charge is -2.16. The monoisotopic (exact) mass is 375 g/mol. The molecule has 0 bridgehead atoms. The molecular formula is C18H17NO4S2. The lowest BCUT2D eigenvalue weighted by Crippen LogP contribution is -2.32. The third-order valence-electron chi connectivity index (χ3n) is 3.71. The highest BCUT2D eigenvalue weighted by atomic mass is 32.2. The van der Waals surface area contributed by atoms with Gasteiger partial charge in [-0.2, -0.15) is 0 Å². The average molecular weight is 375 g/mol. The summed E-state index contributed by atoms with van der Waals surface area (Å²) in [4.78, 5) is 13.2. The molecule has 0 saturated heterocycles. The van der Waals surface area contributed by atoms with E-state index < -0.39 is 15.1 Å². The first-order valence-corrected chi connectivity index (χ1v) is 10.1. The highest BCUT2D eigenvalue weighted by Crippen LogP contribution is 2.28. The normalized spacial score (nSPS) is 12.6. The van der Waals surface area contributed by atoms with E-state index in [2.05, 4.69) is 5.32 Å². The van der Waals surface area contributed by atoms with Crippen molar-refractivity contribution >= 4 is 27.1 Å². The van der Waals surface area contributed by atoms with Gasteiger partial charge in [-0.05, 0) is 35.7 Å². The number of furan rings is 1. The van der Waals surface area contributed by atoms with Crippen molar-refractivity contribution in [2.24, 2.45) is 0 Å². The summed E-state index contributed by atoms with van der Waals surface area (Å²) in [6.07, 6.45) is 1.66. The Balaban J connectivity index is 1.78. The van der Waals surface area contributed by atoms with E-state index in [0.29, 0.717) is 5.76 Å². The highest BCUT2D eigenvalue weighted by Gasteiger charge is 2.31. The van der Waals surface area contributed by atoms with Crippen molar-refractivity contribution in [3.8, 4) is 0 Å². The van der Waals surface area contributed by atoms with Crippen LogP contribution in [0.2, 0.25) is 0 Å². The van der Waals surface area contributed by atoms with Crippen LogP contribution in [0.15, 0.2) is 75.6 Å². The average Bonchev–Trinajstić information content (AvgIpc) is 3.30. The summed E-state index contributed by atoms with van der Waals surface area (Å²) in [7, 11) is -3.69. The van der Waals surface area contributed by atoms with Crippen LogP contribution in [0.5, 0.6) is 0 Å². The maximum absolute atomic E-state index is 13.0. The topological polar surface area (TPSA) is 76.4 Å². The minimum Gasteiger partial charge on any atom is -0.468 e. The number of hydrogen-bond acceptors (Lipinski definition) is 5. The summed E-state index contributed by atoms with van der Waals surface area (Å²) in [5.41, 5.74) is 0. The van der Waals surface area contributed by atoms with Crippen molar-refractivity contribution in [2.45, 2.75) is 16.6 Å². The van der Waals surface area contributed by atoms with Gasteiger partial charge >= 0.3 is 0 Å². The minimum absolute atomic E-state index is 0.0467. The van der Waals surface area contributed by atoms with E-state index in [1.54, 1.807) is 42.5 Å². The summed E-state index contributed by atoms with van der Waals surface area (Å²) in [5.74, 6) is 0.0857. The Morgan fingerprint density at radius 2 is 1.88 bits per heavy atom. The Kier molecular flexibility index (Phi) is 5.35. The Morgan fingerprint density at radius 3 is 2.52 bits per heavy atom. The lowest BCUT2D eigenvalue weighted by atomic mass is 10.3. The van der Waals surface area contributed by atoms with E-state index in [4.69, 9.17) is 4.42 Å². The first kappa shape index (κ1) is 17.4. The SMILES string of the molecule is O=C(Cc1cccs1)NCC(c1ccco1)S(=O)(=O)c1ccccc1. The number of nitrogens with one attached hydrogen (secondary N) is 1. The number of carbonyl (C=O) groups is 1. The largest absolute Gasteiger partial charge is 0.468 e. The van der Waals surface area contributed by atoms with E-state index in [0.717, 1.165) is 4.88 Å². The van der Waals surface area contributed by atoms with E-state index in [9.17, 15) is 13.2 Å². The van der Waals surface area contributed by atoms with Gasteiger partial charge < -0.3 is 9.73 Å². The van der Waals surface area contributed by atoms with Gasteiger partial charge in [0.2, 0.25) is 5.91 Å². The molecule has 0 aliphatic carbocycles. The van der Waals surface area contributed by atoms with Crippen LogP contribution >= 0.6 is 11.3 Å². The molecule has 1 aromatic carbocycles. The fraction of sp³-hybridized carbons (Fsp3) is 0.167. The third kappa shape index (κ3) is 4.18. The molecule has 0 fully saturated rings. The molecular weight excluding hydrogens is 358 g/mol. The number of amides is 1. The molecule has 0 radical (unpaired) electrons. The van der Waals surface area contributed by atoms with Crippen molar-refractivity contribution in [3.63, 3.8) is 0 Å². The summed E-state index contributed by atoms with van der Waals surface area (Å²) in [6.45, 7) is -0.0467. The molecule has 1 unspecified atom stereocenters. The van der Waals surface area contributed by atoms with Gasteiger partial charge in [0, 0.05) is 11.4 Å². The number of hydrogen-bond donors (Lipinski definition) is 1. The predicted molar refractivity (Wildman–Crippen MR) is 96.1 cm³/mol. The van der Waals surface area contributed by atoms with Crippen LogP contribution in [0, 0.1) is 0 Å². The van der Waals surface area contributed by atoms with Gasteiger partial charge in [-0.1, -0.05) is 24.3 Å². The first-order valence-electron chi connectivity index (χ1n) is 7.69. The van der Waals surface area contributed by atoms with Crippen molar-refractivity contribution in [1.29, 1.82) is 0 Å². The number of rotatable bonds is 7. The first-order chi connectivity index (χ1) is 12.1. The summed E-state index contributed by atoms with van der Waals surface area (Å²) in [6, 6.07) is 15.2. The quantitative estimate of drug-likeness (QED) is 0.688. The Labute approximate surface area is 150 Å². The number of benzene rings is 1. The minimum atomic E-state index is -3.69. The van der Waals surface area contributed by atoms with Crippen LogP contribution in [0.3, 0.4) is 0 Å². The van der Waals surface area contributed by atoms with Gasteiger partial charge in [0.15, 0.2) is 9.84 Å². The Hall–Kier alpha value is -2.38. The second-order valence-electron chi connectivity index (χ2n) is 5.42. The van der Waals surface area contributed by atoms with Gasteiger partial charge in [-0.3, -0.25) is 4.79 Å². The number of carbonyl (C=O) groups excluding carboxylic acids is 1. The van der Waals surface area contributed by atoms with Gasteiger partial charge in [-0.15, -0.1) is 11.3 Å². The van der Waals surface area contributed by atoms with Crippen LogP contribution in [-0.2, 0) is 21.1 Å². The van der Waals surface area contributed by atoms with Crippen molar-refractivity contribution < 1.29 is 17.6 Å². The maximum atomic E-state index is 13.0. The van der Waals surface area contributed by atoms with E-state index in [-0.39, 0.29) is 23.8 Å². The smallest absolute Gasteiger partial charge is 0.225 e. The van der Waals surface area contributed by atoms with Gasteiger partial charge in [0.25, 0.3) is 0 Å². The molecule has 3 rings (SSSR count). The molecule has 0 aliphatic rings. The zero-order valence-electron chi connectivity index (χ0n) is 13.3. The summed E-state index contributed by atoms with van der Waals surface area (Å²) >= 11 is 1.49. The van der Waals surface area contributed by atoms with Gasteiger partial charge in [-0.25, -0.2) is 8.42 Å². The van der Waals surface area contributed by atoms with Crippen molar-refractivity contribution in [2.75, 3.05) is 6.54 Å². The second kappa shape index (κ2) is 7.67. The van der Waals surface area contributed by atoms with Gasteiger partial charge in [0.1, 0.15) is 11.0 Å². The number of thiophene rings is 1. The van der Waals surface area contributed by atoms with E-state index >= 15 is 0 Å². The zero-order chi connectivity index (χ0) is 17.7. The fourth-order valence-electron chi connectivity index (χ4n) is 2.45. The van der Waals surface area contributed by atoms with Crippen molar-refractivity contribution in [1.82, 2.24) is 5.32 Å². The molecule has 3 aromatic rings. The molecule has 1 N–H and O–H groups in total. The van der Waals surface area contributed by atoms with E-state index in [1.807, 2.05) is 17.5 Å². The molecule has 0 aliphatic heterocycles. The van der Waals surface area contributed by atoms with Gasteiger partial charge in [0.05, 0.1) is 17.6 Å². The molecule has 2 heterocycles. The molecule has 2 aromatic heterocycles. The van der Waals surface area contributed by atoms with E-state index in [1.165, 1.54) is 17.6 Å². The van der Waals surface area contributed by atoms with Crippen LogP contribution in [0.1, 0.15) is 15.9 Å². The van der Waals surface area contributed by atoms with Crippen LogP contribution < -0.4 is 5.32 Å². The molecule has 1 amide bonds. The molecule has 1 atom stereocenters. The lowest BCUT2D eigenvalue weighted by molar-refractivity contribution is -0.120. The molecule has 5 nitrogen and oxygen atoms in total. The van der Waals surface area contributed by atoms with Crippen LogP contribution in [-0.4, -0.2) is 20.9 Å². The zero-order valence-corrected chi connectivity index (χ0v) is 14.9. The standard InChI is InChI=1S/C18H17NO4S2/c20-18(12-14-6-5-11-24-14)19-13-17(16-9-4-10-23-16)25(21,22)15-7-2-1-3-8-15/h1-11,17H,12-13H2,(H,19,20). The number of sulfone groups is 1. The molecule has 7 heteroatoms.